The third-order valence-electron chi connectivity index (χ3n) is 5.21. The average Bonchev–Trinajstić information content (AvgIpc) is 2.86. The fraction of sp³-hybridized carbons (Fsp3) is 0.148. The summed E-state index contributed by atoms with van der Waals surface area (Å²) in [7, 11) is 1.33. The number of fused-ring (bicyclic) bond motifs is 1. The number of esters is 1. The minimum absolute atomic E-state index is 0.119. The zero-order valence-corrected chi connectivity index (χ0v) is 18.7. The van der Waals surface area contributed by atoms with Crippen LogP contribution >= 0.6 is 0 Å². The van der Waals surface area contributed by atoms with Crippen molar-refractivity contribution in [2.75, 3.05) is 23.9 Å². The Hall–Kier alpha value is -4.57. The SMILES string of the molecule is COC(=O)c1cccc(C#Cc2cccc(NC(=O)C3CN(C(C)=O)c4ccccc4O3)c2)c1. The van der Waals surface area contributed by atoms with E-state index in [2.05, 4.69) is 17.2 Å². The minimum Gasteiger partial charge on any atom is -0.476 e. The van der Waals surface area contributed by atoms with Crippen LogP contribution in [0.1, 0.15) is 28.4 Å². The van der Waals surface area contributed by atoms with Crippen LogP contribution in [0.25, 0.3) is 0 Å². The summed E-state index contributed by atoms with van der Waals surface area (Å²) in [5, 5.41) is 2.84. The second kappa shape index (κ2) is 9.92. The quantitative estimate of drug-likeness (QED) is 0.483. The van der Waals surface area contributed by atoms with Gasteiger partial charge in [-0.1, -0.05) is 36.1 Å². The molecule has 1 unspecified atom stereocenters. The number of benzene rings is 3. The molecular formula is C27H22N2O5. The van der Waals surface area contributed by atoms with Crippen molar-refractivity contribution in [2.24, 2.45) is 0 Å². The molecule has 2 amide bonds. The van der Waals surface area contributed by atoms with Crippen molar-refractivity contribution in [2.45, 2.75) is 13.0 Å². The van der Waals surface area contributed by atoms with Crippen LogP contribution < -0.4 is 15.0 Å². The lowest BCUT2D eigenvalue weighted by Gasteiger charge is -2.33. The Labute approximate surface area is 197 Å². The molecule has 1 heterocycles. The molecule has 34 heavy (non-hydrogen) atoms. The highest BCUT2D eigenvalue weighted by molar-refractivity contribution is 5.99. The third-order valence-corrected chi connectivity index (χ3v) is 5.21. The van der Waals surface area contributed by atoms with Gasteiger partial charge in [-0.3, -0.25) is 9.59 Å². The predicted octanol–water partition coefficient (Wildman–Crippen LogP) is 3.63. The van der Waals surface area contributed by atoms with Crippen molar-refractivity contribution < 1.29 is 23.9 Å². The topological polar surface area (TPSA) is 84.9 Å². The Morgan fingerprint density at radius 2 is 1.68 bits per heavy atom. The standard InChI is InChI=1S/C27H22N2O5/c1-18(30)29-17-25(34-24-12-4-3-11-23(24)29)26(31)28-22-10-6-8-20(16-22)14-13-19-7-5-9-21(15-19)27(32)33-2/h3-12,15-16,25H,17H2,1-2H3,(H,28,31). The highest BCUT2D eigenvalue weighted by atomic mass is 16.5. The molecule has 7 heteroatoms. The summed E-state index contributed by atoms with van der Waals surface area (Å²) in [5.41, 5.74) is 2.96. The number of carbonyl (C=O) groups is 3. The van der Waals surface area contributed by atoms with Crippen LogP contribution in [-0.4, -0.2) is 37.5 Å². The monoisotopic (exact) mass is 454 g/mol. The predicted molar refractivity (Wildman–Crippen MR) is 128 cm³/mol. The molecule has 1 N–H and O–H groups in total. The molecule has 0 spiro atoms. The maximum atomic E-state index is 12.9. The number of nitrogens with one attached hydrogen (secondary N) is 1. The molecular weight excluding hydrogens is 432 g/mol. The number of nitrogens with zero attached hydrogens (tertiary/aromatic N) is 1. The number of hydrogen-bond donors (Lipinski definition) is 1. The first kappa shape index (κ1) is 22.6. The average molecular weight is 454 g/mol. The van der Waals surface area contributed by atoms with Crippen LogP contribution in [0.4, 0.5) is 11.4 Å². The fourth-order valence-corrected chi connectivity index (χ4v) is 3.55. The van der Waals surface area contributed by atoms with Gasteiger partial charge in [-0.2, -0.15) is 0 Å². The van der Waals surface area contributed by atoms with Gasteiger partial charge in [-0.05, 0) is 48.5 Å². The highest BCUT2D eigenvalue weighted by Gasteiger charge is 2.32. The molecule has 0 radical (unpaired) electrons. The number of methoxy groups -OCH3 is 1. The van der Waals surface area contributed by atoms with Crippen molar-refractivity contribution in [1.29, 1.82) is 0 Å². The molecule has 1 aliphatic heterocycles. The molecule has 0 bridgehead atoms. The van der Waals surface area contributed by atoms with E-state index in [4.69, 9.17) is 9.47 Å². The van der Waals surface area contributed by atoms with E-state index >= 15 is 0 Å². The van der Waals surface area contributed by atoms with E-state index in [0.29, 0.717) is 33.8 Å². The zero-order valence-electron chi connectivity index (χ0n) is 18.7. The second-order valence-electron chi connectivity index (χ2n) is 7.60. The molecule has 170 valence electrons. The van der Waals surface area contributed by atoms with Gasteiger partial charge in [-0.25, -0.2) is 4.79 Å². The van der Waals surface area contributed by atoms with Crippen LogP contribution in [0.2, 0.25) is 0 Å². The molecule has 1 atom stereocenters. The lowest BCUT2D eigenvalue weighted by Crippen LogP contribution is -2.48. The van der Waals surface area contributed by atoms with Crippen molar-refractivity contribution in [3.63, 3.8) is 0 Å². The van der Waals surface area contributed by atoms with Gasteiger partial charge in [-0.15, -0.1) is 0 Å². The van der Waals surface area contributed by atoms with E-state index in [1.165, 1.54) is 18.9 Å². The summed E-state index contributed by atoms with van der Waals surface area (Å²) in [6, 6.07) is 21.1. The molecule has 0 fully saturated rings. The minimum atomic E-state index is -0.852. The molecule has 0 saturated heterocycles. The van der Waals surface area contributed by atoms with Crippen LogP contribution in [-0.2, 0) is 14.3 Å². The second-order valence-corrected chi connectivity index (χ2v) is 7.60. The Balaban J connectivity index is 1.48. The number of para-hydroxylation sites is 2. The van der Waals surface area contributed by atoms with Crippen LogP contribution in [0, 0.1) is 11.8 Å². The number of amides is 2. The van der Waals surface area contributed by atoms with Crippen LogP contribution in [0.5, 0.6) is 5.75 Å². The van der Waals surface area contributed by atoms with Gasteiger partial charge >= 0.3 is 5.97 Å². The van der Waals surface area contributed by atoms with Crippen molar-refractivity contribution >= 4 is 29.2 Å². The van der Waals surface area contributed by atoms with Gasteiger partial charge in [0, 0.05) is 23.7 Å². The lowest BCUT2D eigenvalue weighted by atomic mass is 10.1. The fourth-order valence-electron chi connectivity index (χ4n) is 3.55. The summed E-state index contributed by atoms with van der Waals surface area (Å²) in [4.78, 5) is 38.2. The first-order valence-corrected chi connectivity index (χ1v) is 10.6. The zero-order chi connectivity index (χ0) is 24.1. The summed E-state index contributed by atoms with van der Waals surface area (Å²) >= 11 is 0. The normalized spacial score (nSPS) is 14.1. The van der Waals surface area contributed by atoms with Gasteiger partial charge in [0.25, 0.3) is 5.91 Å². The molecule has 3 aromatic carbocycles. The Morgan fingerprint density at radius 3 is 2.41 bits per heavy atom. The maximum absolute atomic E-state index is 12.9. The molecule has 0 aromatic heterocycles. The largest absolute Gasteiger partial charge is 0.476 e. The van der Waals surface area contributed by atoms with E-state index in [1.54, 1.807) is 60.7 Å². The third kappa shape index (κ3) is 5.08. The molecule has 3 aromatic rings. The van der Waals surface area contributed by atoms with Gasteiger partial charge in [0.15, 0.2) is 6.10 Å². The van der Waals surface area contributed by atoms with Gasteiger partial charge in [0.2, 0.25) is 5.91 Å². The van der Waals surface area contributed by atoms with Gasteiger partial charge < -0.3 is 19.7 Å². The van der Waals surface area contributed by atoms with Crippen LogP contribution in [0.3, 0.4) is 0 Å². The van der Waals surface area contributed by atoms with Gasteiger partial charge in [0.05, 0.1) is 24.9 Å². The number of hydrogen-bond acceptors (Lipinski definition) is 5. The van der Waals surface area contributed by atoms with E-state index in [-0.39, 0.29) is 18.4 Å². The lowest BCUT2D eigenvalue weighted by molar-refractivity contribution is -0.123. The van der Waals surface area contributed by atoms with E-state index in [9.17, 15) is 14.4 Å². The van der Waals surface area contributed by atoms with E-state index in [1.807, 2.05) is 12.1 Å². The Bertz CT molecular complexity index is 1320. The summed E-state index contributed by atoms with van der Waals surface area (Å²) in [6.45, 7) is 1.58. The Morgan fingerprint density at radius 1 is 0.971 bits per heavy atom. The smallest absolute Gasteiger partial charge is 0.337 e. The number of anilines is 2. The van der Waals surface area contributed by atoms with Crippen molar-refractivity contribution in [1.82, 2.24) is 0 Å². The summed E-state index contributed by atoms with van der Waals surface area (Å²) < 4.78 is 10.6. The number of carbonyl (C=O) groups excluding carboxylic acids is 3. The summed E-state index contributed by atoms with van der Waals surface area (Å²) in [5.74, 6) is 5.58. The summed E-state index contributed by atoms with van der Waals surface area (Å²) in [6.07, 6.45) is -0.852. The van der Waals surface area contributed by atoms with E-state index < -0.39 is 12.1 Å². The maximum Gasteiger partial charge on any atom is 0.337 e. The number of rotatable bonds is 3. The molecule has 0 aliphatic carbocycles. The molecule has 7 nitrogen and oxygen atoms in total. The molecule has 1 aliphatic rings. The first-order valence-electron chi connectivity index (χ1n) is 10.6. The first-order chi connectivity index (χ1) is 16.4. The van der Waals surface area contributed by atoms with Crippen LogP contribution in [0.15, 0.2) is 72.8 Å². The Kier molecular flexibility index (Phi) is 6.60. The van der Waals surface area contributed by atoms with E-state index in [0.717, 1.165) is 0 Å². The van der Waals surface area contributed by atoms with Gasteiger partial charge in [0.1, 0.15) is 5.75 Å². The van der Waals surface area contributed by atoms with Crippen molar-refractivity contribution in [3.05, 3.63) is 89.5 Å². The van der Waals surface area contributed by atoms with Crippen molar-refractivity contribution in [3.8, 4) is 17.6 Å². The highest BCUT2D eigenvalue weighted by Crippen LogP contribution is 2.33. The molecule has 0 saturated carbocycles. The molecule has 4 rings (SSSR count). The number of ether oxygens (including phenoxy) is 2.